The zero-order chi connectivity index (χ0) is 39.7. The number of sulfonamides is 1. The van der Waals surface area contributed by atoms with Crippen LogP contribution in [0.2, 0.25) is 0 Å². The molecule has 0 fully saturated rings. The summed E-state index contributed by atoms with van der Waals surface area (Å²) in [5.74, 6) is -0.903. The van der Waals surface area contributed by atoms with Gasteiger partial charge in [0.25, 0.3) is 11.3 Å². The maximum Gasteiger partial charge on any atom is 0.282 e. The Morgan fingerprint density at radius 3 is 1.80 bits per heavy atom. The zero-order valence-electron chi connectivity index (χ0n) is 32.3. The van der Waals surface area contributed by atoms with Crippen LogP contribution in [0.25, 0.3) is 5.57 Å². The SMILES string of the molecule is CCCCc1ccc(N(CCC)C2=CC(=NS(=O)O)C(=C3C(=O)C(c4ccc(N(CCC)c5ccc(CCCC)cc5)cc4NS(C)(=O)=O)=C3O)C=C2)cc1. The lowest BCUT2D eigenvalue weighted by Crippen LogP contribution is -2.28. The third-order valence-corrected chi connectivity index (χ3v) is 10.5. The minimum absolute atomic E-state index is 0.0636. The third kappa shape index (κ3) is 10.1. The number of rotatable bonds is 18. The monoisotopic (exact) mass is 784 g/mol. The van der Waals surface area contributed by atoms with Gasteiger partial charge in [-0.05, 0) is 110 Å². The first-order valence-electron chi connectivity index (χ1n) is 19.1. The van der Waals surface area contributed by atoms with Crippen molar-refractivity contribution >= 4 is 61.1 Å². The van der Waals surface area contributed by atoms with Crippen molar-refractivity contribution in [3.63, 3.8) is 0 Å². The number of carbonyl (C=O) groups is 1. The van der Waals surface area contributed by atoms with Gasteiger partial charge in [-0.25, -0.2) is 12.6 Å². The summed E-state index contributed by atoms with van der Waals surface area (Å²) >= 11 is -2.61. The number of unbranched alkanes of at least 4 members (excludes halogenated alkanes) is 2. The number of Topliss-reactive ketones (excluding diaryl/α,β-unsaturated/α-hetero) is 1. The Kier molecular flexibility index (Phi) is 14.1. The molecule has 292 valence electrons. The highest BCUT2D eigenvalue weighted by Crippen LogP contribution is 2.44. The number of allylic oxidation sites excluding steroid dienone is 6. The number of aryl methyl sites for hydroxylation is 2. The fourth-order valence-electron chi connectivity index (χ4n) is 6.87. The number of carbonyl (C=O) groups excluding carboxylic acids is 1. The second kappa shape index (κ2) is 18.7. The molecule has 3 aromatic carbocycles. The van der Waals surface area contributed by atoms with E-state index in [1.54, 1.807) is 36.4 Å². The number of benzene rings is 3. The largest absolute Gasteiger partial charge is 0.506 e. The Labute approximate surface area is 328 Å². The molecule has 3 N–H and O–H groups in total. The van der Waals surface area contributed by atoms with E-state index in [4.69, 9.17) is 0 Å². The quantitative estimate of drug-likeness (QED) is 0.0857. The number of hydrogen-bond acceptors (Lipinski definition) is 7. The molecule has 1 unspecified atom stereocenters. The summed E-state index contributed by atoms with van der Waals surface area (Å²) in [6.07, 6.45) is 14.2. The predicted octanol–water partition coefficient (Wildman–Crippen LogP) is 9.39. The highest BCUT2D eigenvalue weighted by molar-refractivity contribution is 7.92. The summed E-state index contributed by atoms with van der Waals surface area (Å²) in [6, 6.07) is 21.8. The molecule has 0 saturated carbocycles. The first kappa shape index (κ1) is 41.4. The lowest BCUT2D eigenvalue weighted by atomic mass is 9.78. The lowest BCUT2D eigenvalue weighted by Gasteiger charge is -2.30. The molecule has 0 radical (unpaired) electrons. The van der Waals surface area contributed by atoms with E-state index in [9.17, 15) is 27.1 Å². The summed E-state index contributed by atoms with van der Waals surface area (Å²) in [5, 5.41) is 11.5. The fraction of sp³-hybridized carbons (Fsp3) is 0.349. The molecular formula is C43H52N4O6S2. The van der Waals surface area contributed by atoms with Crippen LogP contribution in [-0.2, 0) is 38.9 Å². The van der Waals surface area contributed by atoms with Crippen LogP contribution in [0.3, 0.4) is 0 Å². The maximum atomic E-state index is 14.0. The summed E-state index contributed by atoms with van der Waals surface area (Å²) < 4.78 is 53.6. The molecule has 0 heterocycles. The normalized spacial score (nSPS) is 16.9. The molecule has 0 bridgehead atoms. The summed E-state index contributed by atoms with van der Waals surface area (Å²) in [5.41, 5.74) is 6.27. The summed E-state index contributed by atoms with van der Waals surface area (Å²) in [7, 11) is -3.79. The van der Waals surface area contributed by atoms with Crippen LogP contribution in [0.15, 0.2) is 112 Å². The second-order valence-corrected chi connectivity index (χ2v) is 16.3. The van der Waals surface area contributed by atoms with Crippen molar-refractivity contribution in [1.82, 2.24) is 0 Å². The molecule has 1 atom stereocenters. The molecule has 2 aliphatic carbocycles. The van der Waals surface area contributed by atoms with Crippen molar-refractivity contribution in [2.75, 3.05) is 33.9 Å². The molecule has 2 aliphatic rings. The number of ketones is 1. The van der Waals surface area contributed by atoms with Gasteiger partial charge in [-0.15, -0.1) is 0 Å². The highest BCUT2D eigenvalue weighted by atomic mass is 32.2. The fourth-order valence-corrected chi connectivity index (χ4v) is 7.76. The maximum absolute atomic E-state index is 14.0. The van der Waals surface area contributed by atoms with Gasteiger partial charge >= 0.3 is 0 Å². The summed E-state index contributed by atoms with van der Waals surface area (Å²) in [6.45, 7) is 9.76. The molecule has 3 aromatic rings. The lowest BCUT2D eigenvalue weighted by molar-refractivity contribution is -0.111. The molecular weight excluding hydrogens is 733 g/mol. The number of hydrogen-bond donors (Lipinski definition) is 3. The van der Waals surface area contributed by atoms with Crippen molar-refractivity contribution in [3.05, 3.63) is 124 Å². The van der Waals surface area contributed by atoms with Crippen molar-refractivity contribution in [3.8, 4) is 0 Å². The second-order valence-electron chi connectivity index (χ2n) is 13.9. The van der Waals surface area contributed by atoms with Crippen LogP contribution in [0.1, 0.15) is 82.9 Å². The molecule has 0 amide bonds. The van der Waals surface area contributed by atoms with Crippen molar-refractivity contribution in [1.29, 1.82) is 0 Å². The Hall–Kier alpha value is -4.78. The van der Waals surface area contributed by atoms with E-state index in [1.807, 2.05) is 0 Å². The zero-order valence-corrected chi connectivity index (χ0v) is 34.0. The molecule has 0 spiro atoms. The molecule has 0 saturated heterocycles. The first-order chi connectivity index (χ1) is 26.4. The van der Waals surface area contributed by atoms with Gasteiger partial charge in [-0.3, -0.25) is 14.1 Å². The van der Waals surface area contributed by atoms with E-state index in [0.717, 1.165) is 69.0 Å². The van der Waals surface area contributed by atoms with Crippen LogP contribution in [0, 0.1) is 0 Å². The van der Waals surface area contributed by atoms with Gasteiger partial charge in [-0.2, -0.15) is 4.40 Å². The van der Waals surface area contributed by atoms with E-state index in [1.165, 1.54) is 11.1 Å². The topological polar surface area (TPSA) is 140 Å². The molecule has 0 aromatic heterocycles. The van der Waals surface area contributed by atoms with Crippen molar-refractivity contribution < 1.29 is 27.1 Å². The van der Waals surface area contributed by atoms with E-state index in [2.05, 4.69) is 95.1 Å². The van der Waals surface area contributed by atoms with Crippen LogP contribution in [0.5, 0.6) is 0 Å². The average molecular weight is 785 g/mol. The number of aliphatic hydroxyl groups is 1. The molecule has 55 heavy (non-hydrogen) atoms. The van der Waals surface area contributed by atoms with Gasteiger partial charge in [0.1, 0.15) is 5.76 Å². The summed E-state index contributed by atoms with van der Waals surface area (Å²) in [4.78, 5) is 18.2. The van der Waals surface area contributed by atoms with Crippen LogP contribution < -0.4 is 14.5 Å². The van der Waals surface area contributed by atoms with Crippen molar-refractivity contribution in [2.24, 2.45) is 4.40 Å². The Morgan fingerprint density at radius 1 is 0.745 bits per heavy atom. The van der Waals surface area contributed by atoms with Crippen molar-refractivity contribution in [2.45, 2.75) is 79.1 Å². The Morgan fingerprint density at radius 2 is 1.29 bits per heavy atom. The molecule has 10 nitrogen and oxygen atoms in total. The van der Waals surface area contributed by atoms with Crippen LogP contribution in [-0.4, -0.2) is 53.1 Å². The number of anilines is 4. The Bertz CT molecular complexity index is 2170. The molecule has 0 aliphatic heterocycles. The van der Waals surface area contributed by atoms with Gasteiger partial charge in [-0.1, -0.05) is 64.8 Å². The Balaban J connectivity index is 1.53. The van der Waals surface area contributed by atoms with E-state index in [-0.39, 0.29) is 39.4 Å². The van der Waals surface area contributed by atoms with Gasteiger partial charge < -0.3 is 14.9 Å². The highest BCUT2D eigenvalue weighted by Gasteiger charge is 2.39. The number of aliphatic hydroxyl groups excluding tert-OH is 1. The van der Waals surface area contributed by atoms with E-state index < -0.39 is 27.1 Å². The smallest absolute Gasteiger partial charge is 0.282 e. The first-order valence-corrected chi connectivity index (χ1v) is 22.0. The molecule has 12 heteroatoms. The number of nitrogens with one attached hydrogen (secondary N) is 1. The van der Waals surface area contributed by atoms with Crippen LogP contribution in [0.4, 0.5) is 22.7 Å². The molecule has 5 rings (SSSR count). The van der Waals surface area contributed by atoms with Gasteiger partial charge in [0.15, 0.2) is 0 Å². The number of nitrogens with zero attached hydrogens (tertiary/aromatic N) is 3. The van der Waals surface area contributed by atoms with E-state index in [0.29, 0.717) is 24.5 Å². The van der Waals surface area contributed by atoms with E-state index >= 15 is 0 Å². The standard InChI is InChI=1S/C43H52N4O6S2/c1-6-10-12-30-14-18-32(19-15-30)46(26-8-3)34-22-24-36(38(28-34)44-54(50)51)40-42(48)41(43(40)49)37-25-23-35(29-39(37)45-55(5,52)53)47(27-9-4)33-20-16-31(17-21-33)13-11-7-2/h14-25,28-29,45,48H,6-13,26-27H2,1-5H3,(H,50,51). The predicted molar refractivity (Wildman–Crippen MR) is 227 cm³/mol. The minimum atomic E-state index is -3.79. The van der Waals surface area contributed by atoms with Gasteiger partial charge in [0.2, 0.25) is 15.8 Å². The minimum Gasteiger partial charge on any atom is -0.506 e. The van der Waals surface area contributed by atoms with Gasteiger partial charge in [0.05, 0.1) is 28.8 Å². The average Bonchev–Trinajstić information content (AvgIpc) is 3.15. The van der Waals surface area contributed by atoms with Crippen LogP contribution >= 0.6 is 0 Å². The van der Waals surface area contributed by atoms with Gasteiger partial charge in [0, 0.05) is 47.0 Å². The third-order valence-electron chi connectivity index (χ3n) is 9.57.